The van der Waals surface area contributed by atoms with Crippen LogP contribution in [0, 0.1) is 0 Å². The number of carboxylic acids is 1. The van der Waals surface area contributed by atoms with Gasteiger partial charge in [-0.15, -0.1) is 0 Å². The molecule has 1 aliphatic carbocycles. The zero-order chi connectivity index (χ0) is 15.1. The van der Waals surface area contributed by atoms with Crippen LogP contribution in [-0.2, 0) is 14.3 Å². The van der Waals surface area contributed by atoms with Gasteiger partial charge in [0, 0.05) is 6.04 Å². The molecule has 1 unspecified atom stereocenters. The van der Waals surface area contributed by atoms with E-state index in [0.29, 0.717) is 0 Å². The van der Waals surface area contributed by atoms with Crippen LogP contribution in [-0.4, -0.2) is 46.7 Å². The number of nitrogens with zero attached hydrogens (tertiary/aromatic N) is 1. The number of amides is 1. The second-order valence-electron chi connectivity index (χ2n) is 5.85. The third kappa shape index (κ3) is 5.49. The summed E-state index contributed by atoms with van der Waals surface area (Å²) in [6.45, 7) is 5.09. The first-order chi connectivity index (χ1) is 9.41. The van der Waals surface area contributed by atoms with Crippen LogP contribution >= 0.6 is 0 Å². The molecule has 1 N–H and O–H groups in total. The van der Waals surface area contributed by atoms with Gasteiger partial charge in [-0.05, 0) is 33.6 Å². The number of hydrogen-bond donors (Lipinski definition) is 1. The molecule has 20 heavy (non-hydrogen) atoms. The van der Waals surface area contributed by atoms with Crippen molar-refractivity contribution < 1.29 is 19.4 Å². The number of rotatable bonds is 6. The molecule has 0 bridgehead atoms. The monoisotopic (exact) mass is 285 g/mol. The van der Waals surface area contributed by atoms with Gasteiger partial charge in [-0.1, -0.05) is 25.7 Å². The summed E-state index contributed by atoms with van der Waals surface area (Å²) >= 11 is 0. The molecule has 0 aromatic heterocycles. The van der Waals surface area contributed by atoms with Crippen LogP contribution in [0.25, 0.3) is 0 Å². The van der Waals surface area contributed by atoms with E-state index < -0.39 is 12.1 Å². The zero-order valence-corrected chi connectivity index (χ0v) is 12.8. The SMILES string of the molecule is CC(OC1CCCCCC1)C(=O)N(CC(=O)O)C(C)C. The molecule has 5 heteroatoms. The lowest BCUT2D eigenvalue weighted by Crippen LogP contribution is -2.46. The van der Waals surface area contributed by atoms with Crippen LogP contribution in [0.3, 0.4) is 0 Å². The lowest BCUT2D eigenvalue weighted by Gasteiger charge is -2.29. The maximum absolute atomic E-state index is 12.3. The standard InChI is InChI=1S/C15H27NO4/c1-11(2)16(10-14(17)18)15(19)12(3)20-13-8-6-4-5-7-9-13/h11-13H,4-10H2,1-3H3,(H,17,18). The Bertz CT molecular complexity index is 322. The van der Waals surface area contributed by atoms with E-state index >= 15 is 0 Å². The van der Waals surface area contributed by atoms with Crippen molar-refractivity contribution in [2.75, 3.05) is 6.54 Å². The molecule has 0 spiro atoms. The molecule has 1 amide bonds. The number of aliphatic carboxylic acids is 1. The summed E-state index contributed by atoms with van der Waals surface area (Å²) in [6, 6.07) is -0.140. The molecule has 1 fully saturated rings. The Kier molecular flexibility index (Phi) is 6.99. The summed E-state index contributed by atoms with van der Waals surface area (Å²) in [5.74, 6) is -1.22. The van der Waals surface area contributed by atoms with Gasteiger partial charge in [0.15, 0.2) is 0 Å². The average Bonchev–Trinajstić information content (AvgIpc) is 2.63. The number of carbonyl (C=O) groups excluding carboxylic acids is 1. The van der Waals surface area contributed by atoms with Crippen LogP contribution in [0.2, 0.25) is 0 Å². The molecule has 1 saturated carbocycles. The highest BCUT2D eigenvalue weighted by Gasteiger charge is 2.27. The maximum atomic E-state index is 12.3. The van der Waals surface area contributed by atoms with Crippen molar-refractivity contribution in [1.29, 1.82) is 0 Å². The zero-order valence-electron chi connectivity index (χ0n) is 12.8. The Hall–Kier alpha value is -1.10. The van der Waals surface area contributed by atoms with Crippen LogP contribution in [0.15, 0.2) is 0 Å². The van der Waals surface area contributed by atoms with E-state index in [9.17, 15) is 9.59 Å². The Morgan fingerprint density at radius 1 is 1.15 bits per heavy atom. The quantitative estimate of drug-likeness (QED) is 0.761. The second kappa shape index (κ2) is 8.25. The molecule has 0 aromatic rings. The molecular formula is C15H27NO4. The molecule has 0 aliphatic heterocycles. The molecule has 0 aromatic carbocycles. The fraction of sp³-hybridized carbons (Fsp3) is 0.867. The highest BCUT2D eigenvalue weighted by Crippen LogP contribution is 2.21. The fourth-order valence-electron chi connectivity index (χ4n) is 2.62. The first-order valence-electron chi connectivity index (χ1n) is 7.59. The van der Waals surface area contributed by atoms with Crippen LogP contribution < -0.4 is 0 Å². The molecule has 116 valence electrons. The van der Waals surface area contributed by atoms with Crippen molar-refractivity contribution in [2.45, 2.75) is 77.5 Å². The highest BCUT2D eigenvalue weighted by atomic mass is 16.5. The third-order valence-electron chi connectivity index (χ3n) is 3.76. The van der Waals surface area contributed by atoms with Crippen LogP contribution in [0.4, 0.5) is 0 Å². The van der Waals surface area contributed by atoms with Crippen molar-refractivity contribution in [1.82, 2.24) is 4.90 Å². The normalized spacial score (nSPS) is 18.6. The summed E-state index contributed by atoms with van der Waals surface area (Å²) in [7, 11) is 0. The average molecular weight is 285 g/mol. The molecule has 0 radical (unpaired) electrons. The molecule has 0 saturated heterocycles. The summed E-state index contributed by atoms with van der Waals surface area (Å²) in [5, 5.41) is 8.89. The predicted octanol–water partition coefficient (Wildman–Crippen LogP) is 2.44. The molecule has 5 nitrogen and oxygen atoms in total. The van der Waals surface area contributed by atoms with Crippen molar-refractivity contribution in [3.05, 3.63) is 0 Å². The predicted molar refractivity (Wildman–Crippen MR) is 76.5 cm³/mol. The first-order valence-corrected chi connectivity index (χ1v) is 7.59. The minimum Gasteiger partial charge on any atom is -0.480 e. The topological polar surface area (TPSA) is 66.8 Å². The van der Waals surface area contributed by atoms with E-state index in [0.717, 1.165) is 25.7 Å². The molecular weight excluding hydrogens is 258 g/mol. The minimum atomic E-state index is -0.992. The molecule has 1 atom stereocenters. The van der Waals surface area contributed by atoms with Gasteiger partial charge in [-0.2, -0.15) is 0 Å². The summed E-state index contributed by atoms with van der Waals surface area (Å²) < 4.78 is 5.86. The van der Waals surface area contributed by atoms with Gasteiger partial charge in [-0.3, -0.25) is 9.59 Å². The second-order valence-corrected chi connectivity index (χ2v) is 5.85. The first kappa shape index (κ1) is 17.0. The van der Waals surface area contributed by atoms with Gasteiger partial charge in [0.2, 0.25) is 0 Å². The Morgan fingerprint density at radius 2 is 1.70 bits per heavy atom. The lowest BCUT2D eigenvalue weighted by atomic mass is 10.1. The highest BCUT2D eigenvalue weighted by molar-refractivity contribution is 5.84. The van der Waals surface area contributed by atoms with Crippen LogP contribution in [0.1, 0.15) is 59.3 Å². The smallest absolute Gasteiger partial charge is 0.323 e. The van der Waals surface area contributed by atoms with E-state index in [-0.39, 0.29) is 24.6 Å². The van der Waals surface area contributed by atoms with Gasteiger partial charge >= 0.3 is 5.97 Å². The van der Waals surface area contributed by atoms with E-state index in [4.69, 9.17) is 9.84 Å². The Balaban J connectivity index is 2.56. The lowest BCUT2D eigenvalue weighted by molar-refractivity contribution is -0.154. The molecule has 1 rings (SSSR count). The van der Waals surface area contributed by atoms with E-state index in [2.05, 4.69) is 0 Å². The van der Waals surface area contributed by atoms with Crippen molar-refractivity contribution >= 4 is 11.9 Å². The third-order valence-corrected chi connectivity index (χ3v) is 3.76. The van der Waals surface area contributed by atoms with Crippen LogP contribution in [0.5, 0.6) is 0 Å². The van der Waals surface area contributed by atoms with Gasteiger partial charge in [0.25, 0.3) is 5.91 Å². The van der Waals surface area contributed by atoms with Gasteiger partial charge in [-0.25, -0.2) is 0 Å². The number of ether oxygens (including phenoxy) is 1. The summed E-state index contributed by atoms with van der Waals surface area (Å²) in [6.07, 6.45) is 6.33. The van der Waals surface area contributed by atoms with Gasteiger partial charge < -0.3 is 14.7 Å². The number of carbonyl (C=O) groups is 2. The fourth-order valence-corrected chi connectivity index (χ4v) is 2.62. The largest absolute Gasteiger partial charge is 0.480 e. The summed E-state index contributed by atoms with van der Waals surface area (Å²) in [5.41, 5.74) is 0. The Labute approximate surface area is 121 Å². The van der Waals surface area contributed by atoms with E-state index in [1.54, 1.807) is 6.92 Å². The van der Waals surface area contributed by atoms with Crippen molar-refractivity contribution in [2.24, 2.45) is 0 Å². The maximum Gasteiger partial charge on any atom is 0.323 e. The van der Waals surface area contributed by atoms with E-state index in [1.165, 1.54) is 17.7 Å². The molecule has 1 aliphatic rings. The van der Waals surface area contributed by atoms with Crippen molar-refractivity contribution in [3.63, 3.8) is 0 Å². The molecule has 0 heterocycles. The van der Waals surface area contributed by atoms with Gasteiger partial charge in [0.1, 0.15) is 12.6 Å². The number of carboxylic acid groups (broad SMARTS) is 1. The van der Waals surface area contributed by atoms with E-state index in [1.807, 2.05) is 13.8 Å². The van der Waals surface area contributed by atoms with Gasteiger partial charge in [0.05, 0.1) is 6.10 Å². The minimum absolute atomic E-state index is 0.135. The van der Waals surface area contributed by atoms with Crippen molar-refractivity contribution in [3.8, 4) is 0 Å². The Morgan fingerprint density at radius 3 is 2.15 bits per heavy atom. The summed E-state index contributed by atoms with van der Waals surface area (Å²) in [4.78, 5) is 24.5. The number of hydrogen-bond acceptors (Lipinski definition) is 3.